The van der Waals surface area contributed by atoms with Crippen LogP contribution in [-0.4, -0.2) is 0 Å². The van der Waals surface area contributed by atoms with Crippen molar-refractivity contribution in [2.75, 3.05) is 0 Å². The third-order valence-corrected chi connectivity index (χ3v) is 0.236. The second-order valence-corrected chi connectivity index (χ2v) is 0.569. The summed E-state index contributed by atoms with van der Waals surface area (Å²) in [4.78, 5) is 7.25. The summed E-state index contributed by atoms with van der Waals surface area (Å²) in [6.45, 7) is 14.4. The second kappa shape index (κ2) is 277. The summed E-state index contributed by atoms with van der Waals surface area (Å²) in [5.74, 6) is 0. The van der Waals surface area contributed by atoms with Crippen LogP contribution >= 0.6 is 0 Å². The predicted octanol–water partition coefficient (Wildman–Crippen LogP) is 1.49. The first-order valence-corrected chi connectivity index (χ1v) is 1.91. The summed E-state index contributed by atoms with van der Waals surface area (Å²) in [6, 6.07) is 0. The molecule has 3 radical (unpaired) electrons. The fraction of sp³-hybridized carbons (Fsp3) is 0.167. The van der Waals surface area contributed by atoms with Crippen molar-refractivity contribution < 1.29 is 26.4 Å². The Labute approximate surface area is 77.4 Å². The summed E-state index contributed by atoms with van der Waals surface area (Å²) < 4.78 is 15.0. The van der Waals surface area contributed by atoms with Gasteiger partial charge in [-0.25, -0.2) is 0 Å². The molecule has 5 heteroatoms. The Morgan fingerprint density at radius 1 is 1.27 bits per heavy atom. The van der Waals surface area contributed by atoms with Gasteiger partial charge in [0.1, 0.15) is 0 Å². The zero-order valence-electron chi connectivity index (χ0n) is 5.89. The molecule has 0 atom stereocenters. The van der Waals surface area contributed by atoms with Gasteiger partial charge in [0.05, 0.1) is 0 Å². The normalized spacial score (nSPS) is 3.45. The fourth-order valence-corrected chi connectivity index (χ4v) is 0. The molecule has 0 bridgehead atoms. The van der Waals surface area contributed by atoms with Gasteiger partial charge in [0.25, 0.3) is 0 Å². The van der Waals surface area contributed by atoms with Crippen molar-refractivity contribution in [3.05, 3.63) is 43.6 Å². The van der Waals surface area contributed by atoms with Crippen molar-refractivity contribution in [1.29, 1.82) is 0 Å². The van der Waals surface area contributed by atoms with Crippen LogP contribution in [0.5, 0.6) is 0 Å². The molecule has 0 amide bonds. The number of nitrogens with zero attached hydrogens (tertiary/aromatic N) is 1. The first-order chi connectivity index (χ1) is 4.91. The van der Waals surface area contributed by atoms with Crippen molar-refractivity contribution in [2.45, 2.75) is 6.92 Å². The topological polar surface area (TPSA) is 79.2 Å². The quantitative estimate of drug-likeness (QED) is 0.356. The van der Waals surface area contributed by atoms with E-state index >= 15 is 0 Å². The zero-order valence-corrected chi connectivity index (χ0v) is 6.99. The van der Waals surface area contributed by atoms with Crippen LogP contribution < -0.4 is 0 Å². The van der Waals surface area contributed by atoms with E-state index in [1.807, 2.05) is 13.3 Å². The molecular weight excluding hydrogens is 190 g/mol. The number of hydrogen-bond acceptors (Lipinski definition) is 1. The molecule has 0 aromatic rings. The van der Waals surface area contributed by atoms with Gasteiger partial charge in [-0.2, -0.15) is 0 Å². The van der Waals surface area contributed by atoms with Crippen molar-refractivity contribution in [3.63, 3.8) is 0 Å². The van der Waals surface area contributed by atoms with Gasteiger partial charge < -0.3 is 10.5 Å². The summed E-state index contributed by atoms with van der Waals surface area (Å²) >= 11 is 0. The summed E-state index contributed by atoms with van der Waals surface area (Å²) in [6.07, 6.45) is 3.64. The summed E-state index contributed by atoms with van der Waals surface area (Å²) in [5.41, 5.74) is 5.75. The van der Waals surface area contributed by atoms with Gasteiger partial charge in [-0.15, -0.1) is 0 Å². The molecule has 0 aliphatic heterocycles. The van der Waals surface area contributed by atoms with Gasteiger partial charge in [0.15, 0.2) is 0 Å². The number of nitroso groups, excluding NO2 is 1. The van der Waals surface area contributed by atoms with Crippen LogP contribution in [0.2, 0.25) is 0 Å². The predicted molar refractivity (Wildman–Crippen MR) is 34.2 cm³/mol. The van der Waals surface area contributed by atoms with E-state index in [0.29, 0.717) is 0 Å². The van der Waals surface area contributed by atoms with E-state index in [9.17, 15) is 0 Å². The van der Waals surface area contributed by atoms with Crippen molar-refractivity contribution in [2.24, 2.45) is 0 Å². The van der Waals surface area contributed by atoms with E-state index < -0.39 is 0 Å². The van der Waals surface area contributed by atoms with E-state index in [1.165, 1.54) is 0 Å². The number of rotatable bonds is 1. The Morgan fingerprint density at radius 3 is 1.36 bits per heavy atom. The van der Waals surface area contributed by atoms with Gasteiger partial charge >= 0.3 is 39.7 Å². The molecule has 0 saturated carbocycles. The number of unbranched alkanes of at least 4 members (excludes halogenated alkanes) is 1. The Kier molecular flexibility index (Phi) is 786. The minimum Gasteiger partial charge on any atom is -0.577 e. The van der Waals surface area contributed by atoms with Crippen LogP contribution in [0.15, 0.2) is 0 Å². The molecule has 11 heavy (non-hydrogen) atoms. The molecule has 0 aromatic carbocycles. The van der Waals surface area contributed by atoms with E-state index in [1.54, 1.807) is 6.42 Å². The van der Waals surface area contributed by atoms with Crippen molar-refractivity contribution in [3.8, 4) is 0 Å². The zero-order chi connectivity index (χ0) is 9.41. The first kappa shape index (κ1) is 31.2. The van der Waals surface area contributed by atoms with E-state index in [-0.39, 0.29) is 17.1 Å². The van der Waals surface area contributed by atoms with Gasteiger partial charge in [0, 0.05) is 0 Å². The molecule has 4 nitrogen and oxygen atoms in total. The van der Waals surface area contributed by atoms with E-state index in [2.05, 4.69) is 20.2 Å². The standard InChI is InChI=1S/C4H7.2CO.Fe.NO/c1-3-4-2;2*1-2;;1-2/h3-4H,1H2,2H3;;;;/q;;;+2;-1. The SMILES string of the molecule is [C-]#[O+].[C-]#[O+].[CH2][CH][CH]C.[Fe+2].[N-]=O. The second-order valence-electron chi connectivity index (χ2n) is 0.569. The van der Waals surface area contributed by atoms with Gasteiger partial charge in [-0.1, -0.05) is 6.92 Å². The minimum atomic E-state index is 0. The maximum Gasteiger partial charge on any atom is 2.00 e. The Bertz CT molecular complexity index is 57.3. The molecule has 0 N–H and O–H groups in total. The monoisotopic (exact) mass is 197 g/mol. The molecule has 0 aromatic heterocycles. The summed E-state index contributed by atoms with van der Waals surface area (Å²) in [5, 5.41) is 0. The molecule has 0 saturated heterocycles. The average Bonchev–Trinajstić information content (AvgIpc) is 2.14. The van der Waals surface area contributed by atoms with Crippen LogP contribution in [0.3, 0.4) is 0 Å². The van der Waals surface area contributed by atoms with Crippen LogP contribution in [0.1, 0.15) is 6.92 Å². The van der Waals surface area contributed by atoms with Gasteiger partial charge in [-0.3, -0.25) is 0 Å². The van der Waals surface area contributed by atoms with E-state index in [0.717, 1.165) is 0 Å². The Balaban J connectivity index is -0.0000000152. The largest absolute Gasteiger partial charge is 2.00 e. The molecule has 0 unspecified atom stereocenters. The van der Waals surface area contributed by atoms with Crippen LogP contribution in [0.4, 0.5) is 0 Å². The minimum absolute atomic E-state index is 0. The van der Waals surface area contributed by atoms with Crippen molar-refractivity contribution in [1.82, 2.24) is 0 Å². The maximum atomic E-state index is 7.50. The molecule has 0 aliphatic rings. The van der Waals surface area contributed by atoms with Crippen molar-refractivity contribution >= 4 is 0 Å². The molecule has 0 fully saturated rings. The smallest absolute Gasteiger partial charge is 0.577 e. The maximum absolute atomic E-state index is 7.50. The van der Waals surface area contributed by atoms with Gasteiger partial charge in [-0.05, 0) is 19.8 Å². The Hall–Kier alpha value is -0.401. The summed E-state index contributed by atoms with van der Waals surface area (Å²) in [7, 11) is 0. The molecule has 0 heterocycles. The molecule has 0 rings (SSSR count). The third-order valence-electron chi connectivity index (χ3n) is 0.236. The fourth-order valence-electron chi connectivity index (χ4n) is 0. The van der Waals surface area contributed by atoms with Gasteiger partial charge in [0.2, 0.25) is 0 Å². The Morgan fingerprint density at radius 2 is 1.36 bits per heavy atom. The molecule has 61 valence electrons. The van der Waals surface area contributed by atoms with Crippen LogP contribution in [-0.2, 0) is 26.4 Å². The van der Waals surface area contributed by atoms with E-state index in [4.69, 9.17) is 19.8 Å². The molecular formula is C6H7FeNO3+. The van der Waals surface area contributed by atoms with Crippen LogP contribution in [0.25, 0.3) is 5.59 Å². The number of hydrogen-bond donors (Lipinski definition) is 0. The molecule has 0 aliphatic carbocycles. The first-order valence-electron chi connectivity index (χ1n) is 1.91. The van der Waals surface area contributed by atoms with Crippen LogP contribution in [0, 0.1) is 38.0 Å². The molecule has 0 spiro atoms. The average molecular weight is 197 g/mol. The third kappa shape index (κ3) is 1540.